The zero-order valence-corrected chi connectivity index (χ0v) is 8.18. The van der Waals surface area contributed by atoms with Crippen LogP contribution in [0.5, 0.6) is 0 Å². The average Bonchev–Trinajstić information content (AvgIpc) is 1.96. The van der Waals surface area contributed by atoms with E-state index in [1.165, 1.54) is 13.1 Å². The molecule has 0 aliphatic rings. The van der Waals surface area contributed by atoms with Crippen LogP contribution >= 0.6 is 15.9 Å². The van der Waals surface area contributed by atoms with Crippen molar-refractivity contribution in [1.82, 2.24) is 5.06 Å². The van der Waals surface area contributed by atoms with Gasteiger partial charge in [-0.1, -0.05) is 6.07 Å². The highest BCUT2D eigenvalue weighted by molar-refractivity contribution is 9.10. The molecular weight excluding hydrogens is 225 g/mol. The van der Waals surface area contributed by atoms with Gasteiger partial charge in [-0.15, -0.1) is 0 Å². The maximum atomic E-state index is 12.7. The van der Waals surface area contributed by atoms with Gasteiger partial charge in [0.15, 0.2) is 0 Å². The van der Waals surface area contributed by atoms with Crippen LogP contribution < -0.4 is 0 Å². The zero-order valence-electron chi connectivity index (χ0n) is 6.59. The Kier molecular flexibility index (Phi) is 3.20. The van der Waals surface area contributed by atoms with Crippen molar-refractivity contribution in [3.8, 4) is 0 Å². The molecule has 0 aliphatic carbocycles. The van der Waals surface area contributed by atoms with Gasteiger partial charge in [-0.05, 0) is 33.6 Å². The molecule has 4 heteroatoms. The van der Waals surface area contributed by atoms with E-state index in [1.807, 2.05) is 0 Å². The first-order valence-corrected chi connectivity index (χ1v) is 4.23. The molecule has 0 radical (unpaired) electrons. The van der Waals surface area contributed by atoms with Gasteiger partial charge in [0.25, 0.3) is 0 Å². The van der Waals surface area contributed by atoms with E-state index in [9.17, 15) is 4.39 Å². The van der Waals surface area contributed by atoms with Crippen molar-refractivity contribution < 1.29 is 9.60 Å². The Labute approximate surface area is 78.7 Å². The Hall–Kier alpha value is -0.450. The van der Waals surface area contributed by atoms with Gasteiger partial charge in [-0.25, -0.2) is 4.39 Å². The lowest BCUT2D eigenvalue weighted by atomic mass is 10.2. The van der Waals surface area contributed by atoms with Gasteiger partial charge < -0.3 is 5.21 Å². The van der Waals surface area contributed by atoms with Crippen molar-refractivity contribution in [2.45, 2.75) is 6.54 Å². The van der Waals surface area contributed by atoms with Gasteiger partial charge in [0.1, 0.15) is 5.82 Å². The third-order valence-electron chi connectivity index (χ3n) is 1.40. The van der Waals surface area contributed by atoms with Gasteiger partial charge >= 0.3 is 0 Å². The topological polar surface area (TPSA) is 23.5 Å². The number of benzene rings is 1. The van der Waals surface area contributed by atoms with Crippen molar-refractivity contribution >= 4 is 15.9 Å². The van der Waals surface area contributed by atoms with Gasteiger partial charge in [0, 0.05) is 13.6 Å². The molecule has 1 N–H and O–H groups in total. The summed E-state index contributed by atoms with van der Waals surface area (Å²) in [5.74, 6) is -0.292. The predicted octanol–water partition coefficient (Wildman–Crippen LogP) is 2.41. The number of hydrogen-bond acceptors (Lipinski definition) is 2. The van der Waals surface area contributed by atoms with Gasteiger partial charge in [-0.3, -0.25) is 0 Å². The standard InChI is InChI=1S/C8H9BrFNO/c1-11(12)5-6-2-3-8(10)7(9)4-6/h2-4,12H,5H2,1H3. The van der Waals surface area contributed by atoms with Gasteiger partial charge in [-0.2, -0.15) is 5.06 Å². The Balaban J connectivity index is 2.82. The summed E-state index contributed by atoms with van der Waals surface area (Å²) in [7, 11) is 1.54. The lowest BCUT2D eigenvalue weighted by Gasteiger charge is -2.07. The first kappa shape index (κ1) is 9.64. The molecule has 0 atom stereocenters. The average molecular weight is 234 g/mol. The van der Waals surface area contributed by atoms with Crippen LogP contribution in [0.2, 0.25) is 0 Å². The Bertz CT molecular complexity index is 278. The second-order valence-corrected chi connectivity index (χ2v) is 3.42. The van der Waals surface area contributed by atoms with Crippen LogP contribution in [0, 0.1) is 5.82 Å². The highest BCUT2D eigenvalue weighted by Crippen LogP contribution is 2.17. The highest BCUT2D eigenvalue weighted by Gasteiger charge is 2.01. The normalized spacial score (nSPS) is 10.8. The molecule has 0 aromatic heterocycles. The van der Waals surface area contributed by atoms with Crippen molar-refractivity contribution in [2.75, 3.05) is 7.05 Å². The van der Waals surface area contributed by atoms with E-state index in [2.05, 4.69) is 15.9 Å². The van der Waals surface area contributed by atoms with Crippen LogP contribution in [0.25, 0.3) is 0 Å². The fraction of sp³-hybridized carbons (Fsp3) is 0.250. The second kappa shape index (κ2) is 3.98. The van der Waals surface area contributed by atoms with E-state index in [0.29, 0.717) is 11.0 Å². The quantitative estimate of drug-likeness (QED) is 0.794. The van der Waals surface area contributed by atoms with E-state index < -0.39 is 0 Å². The second-order valence-electron chi connectivity index (χ2n) is 2.56. The SMILES string of the molecule is CN(O)Cc1ccc(F)c(Br)c1. The molecule has 0 heterocycles. The summed E-state index contributed by atoms with van der Waals surface area (Å²) in [5, 5.41) is 9.93. The number of rotatable bonds is 2. The van der Waals surface area contributed by atoms with Crippen LogP contribution in [0.1, 0.15) is 5.56 Å². The van der Waals surface area contributed by atoms with Gasteiger partial charge in [0.2, 0.25) is 0 Å². The third kappa shape index (κ3) is 2.55. The summed E-state index contributed by atoms with van der Waals surface area (Å²) in [6, 6.07) is 4.64. The Morgan fingerprint density at radius 2 is 2.25 bits per heavy atom. The van der Waals surface area contributed by atoms with Crippen molar-refractivity contribution in [1.29, 1.82) is 0 Å². The smallest absolute Gasteiger partial charge is 0.137 e. The molecule has 66 valence electrons. The molecule has 0 aliphatic heterocycles. The maximum Gasteiger partial charge on any atom is 0.137 e. The minimum absolute atomic E-state index is 0.292. The van der Waals surface area contributed by atoms with Crippen molar-refractivity contribution in [2.24, 2.45) is 0 Å². The fourth-order valence-electron chi connectivity index (χ4n) is 0.902. The molecule has 1 rings (SSSR count). The summed E-state index contributed by atoms with van der Waals surface area (Å²) < 4.78 is 13.1. The molecule has 1 aromatic carbocycles. The first-order chi connectivity index (χ1) is 5.59. The van der Waals surface area contributed by atoms with Crippen LogP contribution in [0.15, 0.2) is 22.7 Å². The summed E-state index contributed by atoms with van der Waals surface area (Å²) in [6.07, 6.45) is 0. The van der Waals surface area contributed by atoms with Crippen molar-refractivity contribution in [3.63, 3.8) is 0 Å². The molecule has 0 saturated heterocycles. The summed E-state index contributed by atoms with van der Waals surface area (Å²) in [5.41, 5.74) is 0.855. The lowest BCUT2D eigenvalue weighted by Crippen LogP contribution is -2.11. The Morgan fingerprint density at radius 3 is 2.75 bits per heavy atom. The van der Waals surface area contributed by atoms with Crippen LogP contribution in [0.3, 0.4) is 0 Å². The third-order valence-corrected chi connectivity index (χ3v) is 2.00. The molecule has 12 heavy (non-hydrogen) atoms. The first-order valence-electron chi connectivity index (χ1n) is 3.43. The molecule has 1 aromatic rings. The maximum absolute atomic E-state index is 12.7. The predicted molar refractivity (Wildman–Crippen MR) is 47.4 cm³/mol. The fourth-order valence-corrected chi connectivity index (χ4v) is 1.33. The molecule has 0 amide bonds. The molecule has 0 saturated carbocycles. The molecule has 0 unspecified atom stereocenters. The molecule has 0 spiro atoms. The van der Waals surface area contributed by atoms with Crippen molar-refractivity contribution in [3.05, 3.63) is 34.1 Å². The largest absolute Gasteiger partial charge is 0.314 e. The summed E-state index contributed by atoms with van der Waals surface area (Å²) in [6.45, 7) is 0.388. The zero-order chi connectivity index (χ0) is 9.14. The minimum atomic E-state index is -0.292. The molecule has 2 nitrogen and oxygen atoms in total. The number of hydroxylamine groups is 2. The highest BCUT2D eigenvalue weighted by atomic mass is 79.9. The van der Waals surface area contributed by atoms with Crippen LogP contribution in [-0.2, 0) is 6.54 Å². The molecule has 0 bridgehead atoms. The molecular formula is C8H9BrFNO. The van der Waals surface area contributed by atoms with Crippen LogP contribution in [0.4, 0.5) is 4.39 Å². The molecule has 0 fully saturated rings. The van der Waals surface area contributed by atoms with E-state index in [-0.39, 0.29) is 5.82 Å². The van der Waals surface area contributed by atoms with E-state index >= 15 is 0 Å². The van der Waals surface area contributed by atoms with E-state index in [4.69, 9.17) is 5.21 Å². The summed E-state index contributed by atoms with van der Waals surface area (Å²) in [4.78, 5) is 0. The van der Waals surface area contributed by atoms with Gasteiger partial charge in [0.05, 0.1) is 4.47 Å². The number of hydrogen-bond donors (Lipinski definition) is 1. The van der Waals surface area contributed by atoms with E-state index in [0.717, 1.165) is 10.6 Å². The van der Waals surface area contributed by atoms with Crippen LogP contribution in [-0.4, -0.2) is 17.3 Å². The summed E-state index contributed by atoms with van der Waals surface area (Å²) >= 11 is 3.06. The monoisotopic (exact) mass is 233 g/mol. The number of halogens is 2. The van der Waals surface area contributed by atoms with E-state index in [1.54, 1.807) is 12.1 Å². The Morgan fingerprint density at radius 1 is 1.58 bits per heavy atom. The lowest BCUT2D eigenvalue weighted by molar-refractivity contribution is -0.0731. The number of nitrogens with zero attached hydrogens (tertiary/aromatic N) is 1. The minimum Gasteiger partial charge on any atom is -0.314 e.